The Bertz CT molecular complexity index is 900. The van der Waals surface area contributed by atoms with Crippen LogP contribution < -0.4 is 14.8 Å². The zero-order valence-corrected chi connectivity index (χ0v) is 16.4. The largest absolute Gasteiger partial charge is 0.497 e. The minimum absolute atomic E-state index is 0.535. The molecule has 0 saturated carbocycles. The van der Waals surface area contributed by atoms with Crippen molar-refractivity contribution in [2.75, 3.05) is 19.5 Å². The van der Waals surface area contributed by atoms with Crippen LogP contribution in [0.25, 0.3) is 11.3 Å². The maximum atomic E-state index is 5.31. The smallest absolute Gasteiger partial charge is 0.227 e. The third-order valence-corrected chi connectivity index (χ3v) is 4.30. The average molecular weight is 447 g/mol. The second-order valence-electron chi connectivity index (χ2n) is 5.46. The van der Waals surface area contributed by atoms with E-state index in [0.29, 0.717) is 5.95 Å². The Morgan fingerprint density at radius 2 is 1.80 bits per heavy atom. The summed E-state index contributed by atoms with van der Waals surface area (Å²) in [6.45, 7) is 1.99. The number of benzene rings is 2. The molecule has 2 aromatic carbocycles. The van der Waals surface area contributed by atoms with E-state index >= 15 is 0 Å². The molecule has 1 aromatic heterocycles. The van der Waals surface area contributed by atoms with Crippen LogP contribution in [0.3, 0.4) is 0 Å². The third kappa shape index (κ3) is 4.19. The van der Waals surface area contributed by atoms with Crippen LogP contribution in [0.1, 0.15) is 5.56 Å². The lowest BCUT2D eigenvalue weighted by atomic mass is 10.1. The van der Waals surface area contributed by atoms with Crippen LogP contribution in [0.15, 0.2) is 48.7 Å². The molecule has 6 heteroatoms. The standard InChI is InChI=1S/C19H18IN3O2/c1-12-11-21-19(22-15-8-14(20)9-17(10-15)25-3)23-18(12)13-5-4-6-16(7-13)24-2/h4-11H,1-3H3,(H,21,22,23). The Morgan fingerprint density at radius 1 is 1.00 bits per heavy atom. The van der Waals surface area contributed by atoms with Gasteiger partial charge in [-0.1, -0.05) is 12.1 Å². The van der Waals surface area contributed by atoms with E-state index in [0.717, 1.165) is 37.6 Å². The molecule has 0 aliphatic heterocycles. The van der Waals surface area contributed by atoms with Gasteiger partial charge in [0.25, 0.3) is 0 Å². The number of methoxy groups -OCH3 is 2. The normalized spacial score (nSPS) is 10.4. The van der Waals surface area contributed by atoms with Crippen LogP contribution in [0.4, 0.5) is 11.6 Å². The lowest BCUT2D eigenvalue weighted by molar-refractivity contribution is 0.414. The minimum Gasteiger partial charge on any atom is -0.497 e. The van der Waals surface area contributed by atoms with Gasteiger partial charge in [0, 0.05) is 27.1 Å². The highest BCUT2D eigenvalue weighted by Gasteiger charge is 2.09. The van der Waals surface area contributed by atoms with Gasteiger partial charge in [0.05, 0.1) is 19.9 Å². The Hall–Kier alpha value is -2.35. The lowest BCUT2D eigenvalue weighted by Crippen LogP contribution is -2.00. The monoisotopic (exact) mass is 447 g/mol. The summed E-state index contributed by atoms with van der Waals surface area (Å²) in [5, 5.41) is 3.25. The van der Waals surface area contributed by atoms with E-state index in [2.05, 4.69) is 37.9 Å². The summed E-state index contributed by atoms with van der Waals surface area (Å²) < 4.78 is 11.7. The molecular formula is C19H18IN3O2. The van der Waals surface area contributed by atoms with Crippen LogP contribution in [-0.4, -0.2) is 24.2 Å². The van der Waals surface area contributed by atoms with Gasteiger partial charge in [0.15, 0.2) is 0 Å². The zero-order chi connectivity index (χ0) is 17.8. The second kappa shape index (κ2) is 7.69. The Kier molecular flexibility index (Phi) is 5.37. The number of nitrogens with zero attached hydrogens (tertiary/aromatic N) is 2. The summed E-state index contributed by atoms with van der Waals surface area (Å²) in [5.41, 5.74) is 3.74. The van der Waals surface area contributed by atoms with E-state index in [1.54, 1.807) is 14.2 Å². The van der Waals surface area contributed by atoms with Crippen molar-refractivity contribution in [1.29, 1.82) is 0 Å². The lowest BCUT2D eigenvalue weighted by Gasteiger charge is -2.11. The van der Waals surface area contributed by atoms with E-state index in [4.69, 9.17) is 9.47 Å². The number of hydrogen-bond acceptors (Lipinski definition) is 5. The number of aryl methyl sites for hydroxylation is 1. The van der Waals surface area contributed by atoms with E-state index < -0.39 is 0 Å². The maximum absolute atomic E-state index is 5.31. The van der Waals surface area contributed by atoms with Crippen LogP contribution >= 0.6 is 22.6 Å². The van der Waals surface area contributed by atoms with Crippen molar-refractivity contribution >= 4 is 34.2 Å². The van der Waals surface area contributed by atoms with E-state index in [1.807, 2.05) is 55.6 Å². The highest BCUT2D eigenvalue weighted by molar-refractivity contribution is 14.1. The summed E-state index contributed by atoms with van der Waals surface area (Å²) in [7, 11) is 3.31. The summed E-state index contributed by atoms with van der Waals surface area (Å²) in [6, 6.07) is 13.7. The van der Waals surface area contributed by atoms with E-state index in [1.165, 1.54) is 0 Å². The molecule has 3 rings (SSSR count). The first-order valence-electron chi connectivity index (χ1n) is 7.68. The summed E-state index contributed by atoms with van der Waals surface area (Å²) in [5.74, 6) is 2.12. The van der Waals surface area contributed by atoms with E-state index in [9.17, 15) is 0 Å². The van der Waals surface area contributed by atoms with Crippen LogP contribution in [0.2, 0.25) is 0 Å². The van der Waals surface area contributed by atoms with Crippen LogP contribution in [-0.2, 0) is 0 Å². The van der Waals surface area contributed by atoms with Gasteiger partial charge in [-0.3, -0.25) is 0 Å². The number of nitrogens with one attached hydrogen (secondary N) is 1. The number of anilines is 2. The molecule has 128 valence electrons. The fourth-order valence-electron chi connectivity index (χ4n) is 2.45. The Morgan fingerprint density at radius 3 is 2.56 bits per heavy atom. The highest BCUT2D eigenvalue weighted by atomic mass is 127. The average Bonchev–Trinajstić information content (AvgIpc) is 2.62. The van der Waals surface area contributed by atoms with Gasteiger partial charge in [0.2, 0.25) is 5.95 Å². The van der Waals surface area contributed by atoms with Gasteiger partial charge in [0.1, 0.15) is 11.5 Å². The minimum atomic E-state index is 0.535. The molecule has 5 nitrogen and oxygen atoms in total. The van der Waals surface area contributed by atoms with E-state index in [-0.39, 0.29) is 0 Å². The van der Waals surface area contributed by atoms with Gasteiger partial charge < -0.3 is 14.8 Å². The first-order chi connectivity index (χ1) is 12.1. The summed E-state index contributed by atoms with van der Waals surface area (Å²) in [6.07, 6.45) is 1.81. The van der Waals surface area contributed by atoms with Gasteiger partial charge in [-0.15, -0.1) is 0 Å². The number of hydrogen-bond donors (Lipinski definition) is 1. The predicted molar refractivity (Wildman–Crippen MR) is 108 cm³/mol. The van der Waals surface area contributed by atoms with Crippen molar-refractivity contribution < 1.29 is 9.47 Å². The van der Waals surface area contributed by atoms with Gasteiger partial charge in [-0.05, 0) is 59.3 Å². The molecule has 0 atom stereocenters. The van der Waals surface area contributed by atoms with Crippen molar-refractivity contribution in [2.45, 2.75) is 6.92 Å². The molecule has 3 aromatic rings. The fourth-order valence-corrected chi connectivity index (χ4v) is 3.09. The van der Waals surface area contributed by atoms with Crippen molar-refractivity contribution in [3.05, 3.63) is 57.8 Å². The number of ether oxygens (including phenoxy) is 2. The molecule has 1 N–H and O–H groups in total. The second-order valence-corrected chi connectivity index (χ2v) is 6.71. The molecule has 0 bridgehead atoms. The van der Waals surface area contributed by atoms with Crippen molar-refractivity contribution in [3.63, 3.8) is 0 Å². The molecule has 1 heterocycles. The van der Waals surface area contributed by atoms with Gasteiger partial charge >= 0.3 is 0 Å². The molecule has 0 radical (unpaired) electrons. The molecule has 0 fully saturated rings. The predicted octanol–water partition coefficient (Wildman–Crippen LogP) is 4.82. The quantitative estimate of drug-likeness (QED) is 0.569. The van der Waals surface area contributed by atoms with Gasteiger partial charge in [-0.25, -0.2) is 9.97 Å². The number of rotatable bonds is 5. The Labute approximate surface area is 160 Å². The summed E-state index contributed by atoms with van der Waals surface area (Å²) >= 11 is 2.25. The fraction of sp³-hybridized carbons (Fsp3) is 0.158. The van der Waals surface area contributed by atoms with Gasteiger partial charge in [-0.2, -0.15) is 0 Å². The molecule has 0 amide bonds. The summed E-state index contributed by atoms with van der Waals surface area (Å²) in [4.78, 5) is 9.07. The number of aromatic nitrogens is 2. The van der Waals surface area contributed by atoms with Crippen molar-refractivity contribution in [2.24, 2.45) is 0 Å². The maximum Gasteiger partial charge on any atom is 0.227 e. The van der Waals surface area contributed by atoms with Crippen LogP contribution in [0.5, 0.6) is 11.5 Å². The van der Waals surface area contributed by atoms with Crippen LogP contribution in [0, 0.1) is 10.5 Å². The molecule has 0 saturated heterocycles. The molecule has 0 aliphatic rings. The molecule has 0 spiro atoms. The van der Waals surface area contributed by atoms with Crippen molar-refractivity contribution in [3.8, 4) is 22.8 Å². The molecule has 25 heavy (non-hydrogen) atoms. The first kappa shape index (κ1) is 17.5. The molecular weight excluding hydrogens is 429 g/mol. The van der Waals surface area contributed by atoms with Crippen molar-refractivity contribution in [1.82, 2.24) is 9.97 Å². The third-order valence-electron chi connectivity index (χ3n) is 3.68. The zero-order valence-electron chi connectivity index (χ0n) is 14.2. The molecule has 0 aliphatic carbocycles. The molecule has 0 unspecified atom stereocenters. The number of halogens is 1. The SMILES string of the molecule is COc1cc(I)cc(Nc2ncc(C)c(-c3cccc(OC)c3)n2)c1. The highest BCUT2D eigenvalue weighted by Crippen LogP contribution is 2.27. The first-order valence-corrected chi connectivity index (χ1v) is 8.76. The Balaban J connectivity index is 1.95. The topological polar surface area (TPSA) is 56.3 Å².